The molecular formula is C30H28N4. The third-order valence-electron chi connectivity index (χ3n) is 6.93. The molecule has 2 aromatic heterocycles. The van der Waals surface area contributed by atoms with Crippen LogP contribution in [0.5, 0.6) is 0 Å². The molecule has 0 bridgehead atoms. The lowest BCUT2D eigenvalue weighted by Gasteiger charge is -2.13. The molecule has 1 N–H and O–H groups in total. The normalized spacial score (nSPS) is 14.1. The lowest BCUT2D eigenvalue weighted by atomic mass is 9.91. The molecule has 4 heteroatoms. The van der Waals surface area contributed by atoms with Crippen LogP contribution in [0.25, 0.3) is 49.3 Å². The molecule has 0 saturated heterocycles. The Labute approximate surface area is 199 Å². The van der Waals surface area contributed by atoms with Crippen LogP contribution in [0, 0.1) is 5.92 Å². The molecule has 0 aliphatic carbocycles. The lowest BCUT2D eigenvalue weighted by molar-refractivity contribution is 0.795. The average molecular weight is 445 g/mol. The number of aliphatic imine (C=N–C) groups is 1. The van der Waals surface area contributed by atoms with E-state index >= 15 is 0 Å². The number of aromatic nitrogens is 3. The van der Waals surface area contributed by atoms with Gasteiger partial charge in [0.15, 0.2) is 0 Å². The molecule has 1 aliphatic rings. The van der Waals surface area contributed by atoms with Crippen LogP contribution in [0.4, 0.5) is 0 Å². The van der Waals surface area contributed by atoms with E-state index in [-0.39, 0.29) is 0 Å². The summed E-state index contributed by atoms with van der Waals surface area (Å²) in [4.78, 5) is 17.5. The van der Waals surface area contributed by atoms with Crippen molar-refractivity contribution in [2.45, 2.75) is 40.0 Å². The van der Waals surface area contributed by atoms with Gasteiger partial charge in [-0.05, 0) is 51.4 Å². The number of hydrogen-bond donors (Lipinski definition) is 1. The number of benzene rings is 3. The van der Waals surface area contributed by atoms with Crippen LogP contribution in [0.1, 0.15) is 51.4 Å². The molecule has 6 rings (SSSR count). The van der Waals surface area contributed by atoms with E-state index < -0.39 is 0 Å². The molecule has 3 aromatic carbocycles. The number of aromatic amines is 1. The van der Waals surface area contributed by atoms with Gasteiger partial charge in [0.1, 0.15) is 5.82 Å². The SMILES string of the molecule is CC(C)C1=NC=C(c2ccc3c(c2)c2cccnc2c2cc(-c4cnc(C(C)C)[nH]4)ccc32)C1. The number of nitrogens with one attached hydrogen (secondary N) is 1. The summed E-state index contributed by atoms with van der Waals surface area (Å²) in [6.45, 7) is 8.72. The summed E-state index contributed by atoms with van der Waals surface area (Å²) in [5.41, 5.74) is 6.99. The van der Waals surface area contributed by atoms with Crippen molar-refractivity contribution in [2.24, 2.45) is 10.9 Å². The molecule has 0 saturated carbocycles. The number of pyridine rings is 1. The van der Waals surface area contributed by atoms with Crippen LogP contribution in [-0.4, -0.2) is 20.7 Å². The number of H-pyrrole nitrogens is 1. The summed E-state index contributed by atoms with van der Waals surface area (Å²) in [6, 6.07) is 17.7. The highest BCUT2D eigenvalue weighted by atomic mass is 14.9. The van der Waals surface area contributed by atoms with Gasteiger partial charge in [-0.15, -0.1) is 0 Å². The number of hydrogen-bond acceptors (Lipinski definition) is 3. The van der Waals surface area contributed by atoms with Crippen molar-refractivity contribution in [1.29, 1.82) is 0 Å². The first-order valence-corrected chi connectivity index (χ1v) is 12.0. The summed E-state index contributed by atoms with van der Waals surface area (Å²) in [6.07, 6.45) is 6.79. The van der Waals surface area contributed by atoms with E-state index in [4.69, 9.17) is 4.98 Å². The van der Waals surface area contributed by atoms with Gasteiger partial charge < -0.3 is 4.98 Å². The molecule has 1 aliphatic heterocycles. The van der Waals surface area contributed by atoms with Crippen LogP contribution in [0.15, 0.2) is 72.1 Å². The second kappa shape index (κ2) is 7.91. The van der Waals surface area contributed by atoms with Crippen molar-refractivity contribution in [3.63, 3.8) is 0 Å². The van der Waals surface area contributed by atoms with Crippen LogP contribution in [0.3, 0.4) is 0 Å². The highest BCUT2D eigenvalue weighted by Crippen LogP contribution is 2.38. The standard InChI is InChI=1S/C30H28N4/c1-17(2)27-14-21(15-32-27)19-7-9-22-23-10-8-20(28-16-33-30(34-28)18(3)4)13-26(23)29-24(25(22)12-19)6-5-11-31-29/h5-13,15-18H,14H2,1-4H3,(H,33,34). The number of imidazole rings is 1. The minimum Gasteiger partial charge on any atom is -0.342 e. The maximum absolute atomic E-state index is 4.83. The van der Waals surface area contributed by atoms with Crippen molar-refractivity contribution in [1.82, 2.24) is 15.0 Å². The van der Waals surface area contributed by atoms with Gasteiger partial charge in [0.05, 0.1) is 17.4 Å². The molecule has 0 radical (unpaired) electrons. The fourth-order valence-electron chi connectivity index (χ4n) is 4.94. The van der Waals surface area contributed by atoms with Gasteiger partial charge >= 0.3 is 0 Å². The molecule has 0 spiro atoms. The van der Waals surface area contributed by atoms with E-state index in [1.165, 1.54) is 43.8 Å². The predicted octanol–water partition coefficient (Wildman–Crippen LogP) is 7.90. The Balaban J connectivity index is 1.53. The van der Waals surface area contributed by atoms with E-state index in [1.54, 1.807) is 0 Å². The number of rotatable bonds is 4. The second-order valence-electron chi connectivity index (χ2n) is 9.86. The van der Waals surface area contributed by atoms with Crippen molar-refractivity contribution >= 4 is 43.7 Å². The van der Waals surface area contributed by atoms with Crippen LogP contribution in [-0.2, 0) is 0 Å². The molecule has 4 nitrogen and oxygen atoms in total. The minimum atomic E-state index is 0.367. The zero-order valence-electron chi connectivity index (χ0n) is 20.1. The predicted molar refractivity (Wildman–Crippen MR) is 143 cm³/mol. The van der Waals surface area contributed by atoms with Gasteiger partial charge in [0.25, 0.3) is 0 Å². The Kier molecular flexibility index (Phi) is 4.84. The van der Waals surface area contributed by atoms with Crippen LogP contribution in [0.2, 0.25) is 0 Å². The van der Waals surface area contributed by atoms with Crippen molar-refractivity contribution < 1.29 is 0 Å². The fraction of sp³-hybridized carbons (Fsp3) is 0.233. The first kappa shape index (κ1) is 20.8. The highest BCUT2D eigenvalue weighted by Gasteiger charge is 2.17. The zero-order chi connectivity index (χ0) is 23.4. The Bertz CT molecular complexity index is 1610. The first-order chi connectivity index (χ1) is 16.5. The Hall–Kier alpha value is -3.79. The van der Waals surface area contributed by atoms with Gasteiger partial charge in [0, 0.05) is 46.8 Å². The quantitative estimate of drug-likeness (QED) is 0.286. The topological polar surface area (TPSA) is 53.9 Å². The molecular weight excluding hydrogens is 416 g/mol. The van der Waals surface area contributed by atoms with Crippen LogP contribution < -0.4 is 0 Å². The summed E-state index contributed by atoms with van der Waals surface area (Å²) >= 11 is 0. The first-order valence-electron chi connectivity index (χ1n) is 12.0. The van der Waals surface area contributed by atoms with Gasteiger partial charge in [0.2, 0.25) is 0 Å². The summed E-state index contributed by atoms with van der Waals surface area (Å²) in [7, 11) is 0. The van der Waals surface area contributed by atoms with Gasteiger partial charge in [-0.1, -0.05) is 58.0 Å². The number of allylic oxidation sites excluding steroid dienone is 1. The largest absolute Gasteiger partial charge is 0.342 e. The Morgan fingerprint density at radius 3 is 2.26 bits per heavy atom. The van der Waals surface area contributed by atoms with Gasteiger partial charge in [-0.2, -0.15) is 0 Å². The van der Waals surface area contributed by atoms with Gasteiger partial charge in [-0.25, -0.2) is 4.98 Å². The third kappa shape index (κ3) is 3.33. The van der Waals surface area contributed by atoms with Gasteiger partial charge in [-0.3, -0.25) is 9.98 Å². The monoisotopic (exact) mass is 444 g/mol. The van der Waals surface area contributed by atoms with Crippen LogP contribution >= 0.6 is 0 Å². The lowest BCUT2D eigenvalue weighted by Crippen LogP contribution is -2.04. The van der Waals surface area contributed by atoms with E-state index in [1.807, 2.05) is 24.7 Å². The molecule has 0 unspecified atom stereocenters. The molecule has 0 atom stereocenters. The smallest absolute Gasteiger partial charge is 0.109 e. The van der Waals surface area contributed by atoms with Crippen molar-refractivity contribution in [3.05, 3.63) is 78.5 Å². The number of fused-ring (bicyclic) bond motifs is 6. The molecule has 34 heavy (non-hydrogen) atoms. The molecule has 168 valence electrons. The highest BCUT2D eigenvalue weighted by molar-refractivity contribution is 6.25. The van der Waals surface area contributed by atoms with E-state index in [0.717, 1.165) is 29.0 Å². The summed E-state index contributed by atoms with van der Waals surface area (Å²) in [5.74, 6) is 1.85. The number of nitrogens with zero attached hydrogens (tertiary/aromatic N) is 3. The second-order valence-corrected chi connectivity index (χ2v) is 9.86. The Morgan fingerprint density at radius 1 is 0.765 bits per heavy atom. The maximum Gasteiger partial charge on any atom is 0.109 e. The van der Waals surface area contributed by atoms with Crippen molar-refractivity contribution in [3.8, 4) is 11.3 Å². The zero-order valence-corrected chi connectivity index (χ0v) is 20.1. The Morgan fingerprint density at radius 2 is 1.53 bits per heavy atom. The van der Waals surface area contributed by atoms with Crippen molar-refractivity contribution in [2.75, 3.05) is 0 Å². The summed E-state index contributed by atoms with van der Waals surface area (Å²) in [5, 5.41) is 6.06. The van der Waals surface area contributed by atoms with E-state index in [2.05, 4.69) is 85.1 Å². The summed E-state index contributed by atoms with van der Waals surface area (Å²) < 4.78 is 0. The minimum absolute atomic E-state index is 0.367. The third-order valence-corrected chi connectivity index (χ3v) is 6.93. The molecule has 0 amide bonds. The van der Waals surface area contributed by atoms with E-state index in [0.29, 0.717) is 11.8 Å². The molecule has 5 aromatic rings. The van der Waals surface area contributed by atoms with E-state index in [9.17, 15) is 0 Å². The fourth-order valence-corrected chi connectivity index (χ4v) is 4.94. The molecule has 0 fully saturated rings. The average Bonchev–Trinajstić information content (AvgIpc) is 3.54. The maximum atomic E-state index is 4.83. The molecule has 3 heterocycles.